The Morgan fingerprint density at radius 3 is 2.18 bits per heavy atom. The molecule has 0 aromatic carbocycles. The van der Waals surface area contributed by atoms with Gasteiger partial charge in [0.1, 0.15) is 0 Å². The lowest BCUT2D eigenvalue weighted by Gasteiger charge is -2.15. The number of allylic oxidation sites excluding steroid dienone is 1. The van der Waals surface area contributed by atoms with E-state index in [-0.39, 0.29) is 0 Å². The molecule has 0 aromatic heterocycles. The van der Waals surface area contributed by atoms with Crippen LogP contribution < -0.4 is 0 Å². The third kappa shape index (κ3) is 3.57. The van der Waals surface area contributed by atoms with Crippen molar-refractivity contribution in [2.24, 2.45) is 5.92 Å². The Bertz CT molecular complexity index is 132. The van der Waals surface area contributed by atoms with E-state index in [9.17, 15) is 0 Å². The SMILES string of the molecule is CCC(=C(C)C)C(C)COC. The summed E-state index contributed by atoms with van der Waals surface area (Å²) in [5.41, 5.74) is 2.98. The number of hydrogen-bond donors (Lipinski definition) is 0. The Hall–Kier alpha value is -0.300. The minimum absolute atomic E-state index is 0.579. The summed E-state index contributed by atoms with van der Waals surface area (Å²) in [6.45, 7) is 9.61. The topological polar surface area (TPSA) is 9.23 Å². The van der Waals surface area contributed by atoms with Crippen LogP contribution in [0.2, 0.25) is 0 Å². The first-order valence-electron chi connectivity index (χ1n) is 4.28. The van der Waals surface area contributed by atoms with Crippen molar-refractivity contribution in [2.45, 2.75) is 34.1 Å². The van der Waals surface area contributed by atoms with Crippen LogP contribution in [0.25, 0.3) is 0 Å². The Kier molecular flexibility index (Phi) is 5.22. The molecule has 1 atom stereocenters. The van der Waals surface area contributed by atoms with E-state index >= 15 is 0 Å². The van der Waals surface area contributed by atoms with Gasteiger partial charge in [0.05, 0.1) is 6.61 Å². The van der Waals surface area contributed by atoms with E-state index in [0.717, 1.165) is 13.0 Å². The normalized spacial score (nSPS) is 12.8. The largest absolute Gasteiger partial charge is 0.384 e. The van der Waals surface area contributed by atoms with Gasteiger partial charge in [0.2, 0.25) is 0 Å². The van der Waals surface area contributed by atoms with E-state index < -0.39 is 0 Å². The molecule has 1 nitrogen and oxygen atoms in total. The number of ether oxygens (including phenoxy) is 1. The predicted octanol–water partition coefficient (Wildman–Crippen LogP) is 3.02. The Balaban J connectivity index is 4.15. The highest BCUT2D eigenvalue weighted by Crippen LogP contribution is 2.18. The van der Waals surface area contributed by atoms with Crippen molar-refractivity contribution in [3.63, 3.8) is 0 Å². The fourth-order valence-electron chi connectivity index (χ4n) is 1.55. The Morgan fingerprint density at radius 2 is 1.91 bits per heavy atom. The fourth-order valence-corrected chi connectivity index (χ4v) is 1.55. The molecule has 66 valence electrons. The molecule has 0 amide bonds. The molecule has 1 unspecified atom stereocenters. The molecule has 0 aliphatic rings. The molecule has 0 aliphatic carbocycles. The van der Waals surface area contributed by atoms with Crippen LogP contribution in [0.5, 0.6) is 0 Å². The maximum absolute atomic E-state index is 5.10. The second-order valence-corrected chi connectivity index (χ2v) is 3.24. The lowest BCUT2D eigenvalue weighted by Crippen LogP contribution is -2.07. The third-order valence-corrected chi connectivity index (χ3v) is 2.03. The van der Waals surface area contributed by atoms with Crippen LogP contribution in [0.15, 0.2) is 11.1 Å². The molecule has 0 N–H and O–H groups in total. The van der Waals surface area contributed by atoms with Crippen molar-refractivity contribution in [2.75, 3.05) is 13.7 Å². The molecule has 1 heteroatoms. The molecule has 0 rings (SSSR count). The zero-order valence-corrected chi connectivity index (χ0v) is 8.40. The van der Waals surface area contributed by atoms with Gasteiger partial charge in [-0.1, -0.05) is 25.0 Å². The van der Waals surface area contributed by atoms with Crippen molar-refractivity contribution >= 4 is 0 Å². The van der Waals surface area contributed by atoms with Crippen LogP contribution in [-0.4, -0.2) is 13.7 Å². The molecule has 0 heterocycles. The zero-order chi connectivity index (χ0) is 8.85. The van der Waals surface area contributed by atoms with Crippen LogP contribution in [0.4, 0.5) is 0 Å². The van der Waals surface area contributed by atoms with Gasteiger partial charge in [-0.15, -0.1) is 0 Å². The monoisotopic (exact) mass is 156 g/mol. The fraction of sp³-hybridized carbons (Fsp3) is 0.800. The summed E-state index contributed by atoms with van der Waals surface area (Å²) in [5.74, 6) is 0.579. The van der Waals surface area contributed by atoms with Gasteiger partial charge in [-0.05, 0) is 20.3 Å². The second kappa shape index (κ2) is 5.36. The molecule has 0 saturated heterocycles. The molecule has 0 radical (unpaired) electrons. The lowest BCUT2D eigenvalue weighted by atomic mass is 9.95. The minimum Gasteiger partial charge on any atom is -0.384 e. The van der Waals surface area contributed by atoms with Gasteiger partial charge < -0.3 is 4.74 Å². The first-order chi connectivity index (χ1) is 5.13. The first kappa shape index (κ1) is 10.7. The van der Waals surface area contributed by atoms with E-state index in [1.807, 2.05) is 0 Å². The predicted molar refractivity (Wildman–Crippen MR) is 49.7 cm³/mol. The molecular weight excluding hydrogens is 136 g/mol. The summed E-state index contributed by atoms with van der Waals surface area (Å²) in [4.78, 5) is 0. The minimum atomic E-state index is 0.579. The third-order valence-electron chi connectivity index (χ3n) is 2.03. The summed E-state index contributed by atoms with van der Waals surface area (Å²) in [5, 5.41) is 0. The quantitative estimate of drug-likeness (QED) is 0.568. The molecule has 0 fully saturated rings. The zero-order valence-electron chi connectivity index (χ0n) is 8.40. The van der Waals surface area contributed by atoms with Crippen LogP contribution >= 0.6 is 0 Å². The summed E-state index contributed by atoms with van der Waals surface area (Å²) in [6.07, 6.45) is 1.15. The molecule has 0 bridgehead atoms. The highest BCUT2D eigenvalue weighted by atomic mass is 16.5. The summed E-state index contributed by atoms with van der Waals surface area (Å²) < 4.78 is 5.10. The Labute approximate surface area is 70.4 Å². The molecule has 0 saturated carbocycles. The first-order valence-corrected chi connectivity index (χ1v) is 4.28. The number of rotatable bonds is 4. The molecule has 0 aliphatic heterocycles. The average Bonchev–Trinajstić information content (AvgIpc) is 1.88. The van der Waals surface area contributed by atoms with E-state index in [1.54, 1.807) is 7.11 Å². The standard InChI is InChI=1S/C10H20O/c1-6-10(8(2)3)9(4)7-11-5/h9H,6-7H2,1-5H3. The van der Waals surface area contributed by atoms with Crippen LogP contribution in [-0.2, 0) is 4.74 Å². The summed E-state index contributed by atoms with van der Waals surface area (Å²) in [7, 11) is 1.76. The van der Waals surface area contributed by atoms with Gasteiger partial charge in [-0.3, -0.25) is 0 Å². The molecular formula is C10H20O. The van der Waals surface area contributed by atoms with Gasteiger partial charge >= 0.3 is 0 Å². The molecule has 0 spiro atoms. The molecule has 0 aromatic rings. The maximum Gasteiger partial charge on any atom is 0.0525 e. The van der Waals surface area contributed by atoms with E-state index in [1.165, 1.54) is 11.1 Å². The van der Waals surface area contributed by atoms with Crippen LogP contribution in [0.1, 0.15) is 34.1 Å². The van der Waals surface area contributed by atoms with E-state index in [0.29, 0.717) is 5.92 Å². The highest BCUT2D eigenvalue weighted by molar-refractivity contribution is 5.12. The van der Waals surface area contributed by atoms with Crippen molar-refractivity contribution in [3.05, 3.63) is 11.1 Å². The second-order valence-electron chi connectivity index (χ2n) is 3.24. The van der Waals surface area contributed by atoms with E-state index in [4.69, 9.17) is 4.74 Å². The lowest BCUT2D eigenvalue weighted by molar-refractivity contribution is 0.171. The summed E-state index contributed by atoms with van der Waals surface area (Å²) in [6, 6.07) is 0. The highest BCUT2D eigenvalue weighted by Gasteiger charge is 2.07. The van der Waals surface area contributed by atoms with Crippen LogP contribution in [0.3, 0.4) is 0 Å². The van der Waals surface area contributed by atoms with Gasteiger partial charge in [0.25, 0.3) is 0 Å². The van der Waals surface area contributed by atoms with Gasteiger partial charge in [0, 0.05) is 13.0 Å². The van der Waals surface area contributed by atoms with Crippen molar-refractivity contribution in [1.29, 1.82) is 0 Å². The maximum atomic E-state index is 5.10. The van der Waals surface area contributed by atoms with E-state index in [2.05, 4.69) is 27.7 Å². The van der Waals surface area contributed by atoms with Crippen molar-refractivity contribution in [3.8, 4) is 0 Å². The van der Waals surface area contributed by atoms with Crippen molar-refractivity contribution < 1.29 is 4.74 Å². The van der Waals surface area contributed by atoms with Crippen LogP contribution in [0, 0.1) is 5.92 Å². The van der Waals surface area contributed by atoms with Gasteiger partial charge in [0.15, 0.2) is 0 Å². The number of hydrogen-bond acceptors (Lipinski definition) is 1. The summed E-state index contributed by atoms with van der Waals surface area (Å²) >= 11 is 0. The number of methoxy groups -OCH3 is 1. The Morgan fingerprint density at radius 1 is 1.36 bits per heavy atom. The van der Waals surface area contributed by atoms with Crippen molar-refractivity contribution in [1.82, 2.24) is 0 Å². The van der Waals surface area contributed by atoms with Gasteiger partial charge in [-0.25, -0.2) is 0 Å². The molecule has 11 heavy (non-hydrogen) atoms. The smallest absolute Gasteiger partial charge is 0.0525 e. The average molecular weight is 156 g/mol. The van der Waals surface area contributed by atoms with Gasteiger partial charge in [-0.2, -0.15) is 0 Å².